The molecule has 0 amide bonds. The third-order valence-corrected chi connectivity index (χ3v) is 4.71. The average Bonchev–Trinajstić information content (AvgIpc) is 2.88. The van der Waals surface area contributed by atoms with Crippen LogP contribution in [0.3, 0.4) is 0 Å². The molecule has 1 radical (unpaired) electrons. The van der Waals surface area contributed by atoms with Crippen molar-refractivity contribution in [1.82, 2.24) is 19.9 Å². The van der Waals surface area contributed by atoms with Crippen LogP contribution in [0.4, 0.5) is 0 Å². The Hall–Kier alpha value is -4.99. The van der Waals surface area contributed by atoms with Crippen LogP contribution in [-0.4, -0.2) is 53.2 Å². The van der Waals surface area contributed by atoms with Crippen molar-refractivity contribution in [2.24, 2.45) is 0 Å². The minimum absolute atomic E-state index is 0. The number of hydrogen-bond acceptors (Lipinski definition) is 7. The first kappa shape index (κ1) is 34.0. The summed E-state index contributed by atoms with van der Waals surface area (Å²) >= 11 is 0. The van der Waals surface area contributed by atoms with Crippen molar-refractivity contribution < 1.29 is 46.8 Å². The molecule has 0 fully saturated rings. The van der Waals surface area contributed by atoms with Crippen molar-refractivity contribution >= 4 is 61.5 Å². The Labute approximate surface area is 246 Å². The number of carboxylic acids is 3. The smallest absolute Gasteiger partial charge is 0.481 e. The molecule has 5 aromatic rings. The molecule has 3 N–H and O–H groups in total. The van der Waals surface area contributed by atoms with Gasteiger partial charge < -0.3 is 15.3 Å². The van der Waals surface area contributed by atoms with E-state index in [1.165, 1.54) is 0 Å². The minimum Gasteiger partial charge on any atom is -0.481 e. The first-order valence-electron chi connectivity index (χ1n) is 11.9. The zero-order chi connectivity index (χ0) is 29.5. The van der Waals surface area contributed by atoms with Crippen LogP contribution in [0, 0.1) is 0 Å². The van der Waals surface area contributed by atoms with E-state index in [0.29, 0.717) is 0 Å². The van der Waals surface area contributed by atoms with Gasteiger partial charge in [-0.3, -0.25) is 34.3 Å². The number of carboxylic acid groups (broad SMARTS) is 3. The summed E-state index contributed by atoms with van der Waals surface area (Å²) in [4.78, 5) is 45.5. The molecule has 1 heterocycles. The Kier molecular flexibility index (Phi) is 14.6. The zero-order valence-electron chi connectivity index (χ0n) is 22.5. The predicted octanol–water partition coefficient (Wildman–Crippen LogP) is 5.84. The van der Waals surface area contributed by atoms with Gasteiger partial charge in [0.2, 0.25) is 0 Å². The van der Waals surface area contributed by atoms with Crippen LogP contribution in [0.25, 0.3) is 43.6 Å². The van der Waals surface area contributed by atoms with Crippen LogP contribution in [0.5, 0.6) is 0 Å². The molecule has 11 heteroatoms. The molecule has 0 aliphatic heterocycles. The Morgan fingerprint density at radius 2 is 0.659 bits per heavy atom. The second kappa shape index (κ2) is 17.6. The van der Waals surface area contributed by atoms with Gasteiger partial charge in [-0.15, -0.1) is 0 Å². The van der Waals surface area contributed by atoms with Crippen molar-refractivity contribution in [3.63, 3.8) is 0 Å². The molecule has 0 spiro atoms. The molecule has 0 saturated carbocycles. The quantitative estimate of drug-likeness (QED) is 0.185. The van der Waals surface area contributed by atoms with Crippen molar-refractivity contribution in [2.75, 3.05) is 0 Å². The molecule has 0 aliphatic rings. The van der Waals surface area contributed by atoms with E-state index in [-0.39, 0.29) is 17.1 Å². The van der Waals surface area contributed by atoms with Gasteiger partial charge in [0, 0.05) is 56.3 Å². The van der Waals surface area contributed by atoms with Crippen LogP contribution < -0.4 is 0 Å². The Balaban J connectivity index is 0.000000554. The van der Waals surface area contributed by atoms with Gasteiger partial charge in [0.1, 0.15) is 0 Å². The summed E-state index contributed by atoms with van der Waals surface area (Å²) in [7, 11) is 0. The number of benzene rings is 4. The van der Waals surface area contributed by atoms with E-state index in [0.717, 1.165) is 64.4 Å². The third kappa shape index (κ3) is 11.7. The second-order valence-corrected chi connectivity index (χ2v) is 7.97. The predicted molar refractivity (Wildman–Crippen MR) is 154 cm³/mol. The van der Waals surface area contributed by atoms with E-state index in [4.69, 9.17) is 29.7 Å². The topological polar surface area (TPSA) is 163 Å². The molecule has 1 aromatic heterocycles. The minimum atomic E-state index is -0.833. The number of aliphatic carboxylic acids is 3. The fourth-order valence-electron chi connectivity index (χ4n) is 3.49. The van der Waals surface area contributed by atoms with Gasteiger partial charge in [-0.2, -0.15) is 0 Å². The van der Waals surface area contributed by atoms with Crippen LogP contribution >= 0.6 is 0 Å². The van der Waals surface area contributed by atoms with Gasteiger partial charge in [0.25, 0.3) is 17.9 Å². The molecule has 41 heavy (non-hydrogen) atoms. The van der Waals surface area contributed by atoms with E-state index in [9.17, 15) is 0 Å². The summed E-state index contributed by atoms with van der Waals surface area (Å²) in [6, 6.07) is 24.2. The molecular formula is C30H28MnN4O6+2. The molecule has 0 saturated heterocycles. The molecule has 4 aromatic carbocycles. The maximum atomic E-state index is 9.00. The number of rotatable bonds is 0. The summed E-state index contributed by atoms with van der Waals surface area (Å²) < 4.78 is 0. The van der Waals surface area contributed by atoms with E-state index in [1.807, 2.05) is 48.5 Å². The average molecular weight is 596 g/mol. The molecular weight excluding hydrogens is 567 g/mol. The first-order valence-corrected chi connectivity index (χ1v) is 11.9. The Morgan fingerprint density at radius 3 is 0.854 bits per heavy atom. The second-order valence-electron chi connectivity index (χ2n) is 7.97. The van der Waals surface area contributed by atoms with Crippen LogP contribution in [-0.2, 0) is 31.5 Å². The van der Waals surface area contributed by atoms with Gasteiger partial charge in [0.15, 0.2) is 0 Å². The molecule has 209 valence electrons. The summed E-state index contributed by atoms with van der Waals surface area (Å²) in [6.07, 6.45) is 6.91. The van der Waals surface area contributed by atoms with Crippen molar-refractivity contribution in [3.8, 4) is 0 Å². The maximum absolute atomic E-state index is 9.00. The third-order valence-electron chi connectivity index (χ3n) is 4.71. The fourth-order valence-corrected chi connectivity index (χ4v) is 3.49. The summed E-state index contributed by atoms with van der Waals surface area (Å²) in [5, 5.41) is 26.5. The molecule has 10 nitrogen and oxygen atoms in total. The largest absolute Gasteiger partial charge is 2.00 e. The van der Waals surface area contributed by atoms with Crippen LogP contribution in [0.1, 0.15) is 20.8 Å². The SMILES string of the molecule is CC(=O)O.CC(=O)O.CC(=O)O.[Mn+2].c1cc2cccc3nccnc4cccc5cccc(nccnc(c1)c23)c54. The standard InChI is InChI=1S/C24H16N4.3C2H4O2.Mn/c1-5-17-6-2-10-20-23(17)19(9-1)25-13-14-27-21-11-3-7-18-8-4-12-22(24(18)21)28-16-15-26-20;3*1-2(3)4;/h1-16H;3*1H3,(H,3,4);/q;;;;+2. The number of hydrogen-bond donors (Lipinski definition) is 3. The van der Waals surface area contributed by atoms with Gasteiger partial charge in [-0.1, -0.05) is 48.5 Å². The van der Waals surface area contributed by atoms with Gasteiger partial charge in [-0.25, -0.2) is 0 Å². The summed E-state index contributed by atoms with van der Waals surface area (Å²) in [6.45, 7) is 3.25. The van der Waals surface area contributed by atoms with Gasteiger partial charge in [-0.05, 0) is 35.0 Å². The van der Waals surface area contributed by atoms with Crippen LogP contribution in [0.2, 0.25) is 0 Å². The molecule has 5 rings (SSSR count). The first-order chi connectivity index (χ1) is 19.1. The molecule has 0 unspecified atom stereocenters. The number of aromatic nitrogens is 4. The van der Waals surface area contributed by atoms with E-state index >= 15 is 0 Å². The van der Waals surface area contributed by atoms with Crippen LogP contribution in [0.15, 0.2) is 97.6 Å². The number of carbonyl (C=O) groups is 3. The normalized spacial score (nSPS) is 9.24. The van der Waals surface area contributed by atoms with Gasteiger partial charge in [0.05, 0.1) is 22.1 Å². The van der Waals surface area contributed by atoms with Crippen molar-refractivity contribution in [2.45, 2.75) is 20.8 Å². The number of nitrogens with zero attached hydrogens (tertiary/aromatic N) is 4. The van der Waals surface area contributed by atoms with Gasteiger partial charge >= 0.3 is 17.1 Å². The van der Waals surface area contributed by atoms with E-state index < -0.39 is 17.9 Å². The summed E-state index contributed by atoms with van der Waals surface area (Å²) in [5.74, 6) is -2.50. The fraction of sp³-hybridized carbons (Fsp3) is 0.100. The Bertz CT molecular complexity index is 1490. The van der Waals surface area contributed by atoms with Crippen molar-refractivity contribution in [3.05, 3.63) is 97.6 Å². The molecule has 0 aliphatic carbocycles. The Morgan fingerprint density at radius 1 is 0.463 bits per heavy atom. The monoisotopic (exact) mass is 595 g/mol. The zero-order valence-corrected chi connectivity index (χ0v) is 23.7. The molecule has 0 atom stereocenters. The van der Waals surface area contributed by atoms with Crippen molar-refractivity contribution in [1.29, 1.82) is 0 Å². The summed E-state index contributed by atoms with van der Waals surface area (Å²) in [5.41, 5.74) is 3.46. The maximum Gasteiger partial charge on any atom is 2.00 e. The molecule has 0 bridgehead atoms. The van der Waals surface area contributed by atoms with E-state index in [1.54, 1.807) is 24.8 Å². The van der Waals surface area contributed by atoms with E-state index in [2.05, 4.69) is 44.2 Å².